The Hall–Kier alpha value is -2.34. The average Bonchev–Trinajstić information content (AvgIpc) is 2.30. The van der Waals surface area contributed by atoms with Crippen molar-refractivity contribution in [3.63, 3.8) is 0 Å². The Labute approximate surface area is 99.6 Å². The first-order chi connectivity index (χ1) is 8.20. The quantitative estimate of drug-likeness (QED) is 0.782. The van der Waals surface area contributed by atoms with Crippen LogP contribution in [0, 0.1) is 13.5 Å². The summed E-state index contributed by atoms with van der Waals surface area (Å²) in [5.41, 5.74) is 2.56. The molecule has 1 aromatic heterocycles. The van der Waals surface area contributed by atoms with Gasteiger partial charge in [0.1, 0.15) is 0 Å². The van der Waals surface area contributed by atoms with Crippen molar-refractivity contribution in [2.45, 2.75) is 13.3 Å². The molecule has 17 heavy (non-hydrogen) atoms. The molecule has 0 fully saturated rings. The predicted molar refractivity (Wildman–Crippen MR) is 67.3 cm³/mol. The second kappa shape index (κ2) is 4.67. The second-order valence-electron chi connectivity index (χ2n) is 3.93. The van der Waals surface area contributed by atoms with Gasteiger partial charge in [-0.1, -0.05) is 30.3 Å². The van der Waals surface area contributed by atoms with Crippen molar-refractivity contribution < 1.29 is 0 Å². The molecule has 2 rings (SSSR count). The molecule has 0 radical (unpaired) electrons. The predicted octanol–water partition coefficient (Wildman–Crippen LogP) is 2.82. The van der Waals surface area contributed by atoms with Gasteiger partial charge in [0, 0.05) is 5.69 Å². The zero-order valence-corrected chi connectivity index (χ0v) is 9.53. The molecule has 1 heterocycles. The van der Waals surface area contributed by atoms with E-state index in [4.69, 9.17) is 6.57 Å². The summed E-state index contributed by atoms with van der Waals surface area (Å²) >= 11 is 0. The SMILES string of the molecule is [C-]#[N+]c1c(Cc2ccccc2)cc(C)[nH]c1=O. The number of rotatable bonds is 2. The minimum atomic E-state index is -0.300. The molecule has 3 heteroatoms. The highest BCUT2D eigenvalue weighted by atomic mass is 16.1. The molecule has 0 unspecified atom stereocenters. The maximum Gasteiger partial charge on any atom is 0.254 e. The van der Waals surface area contributed by atoms with Gasteiger partial charge in [-0.15, -0.1) is 0 Å². The first-order valence-electron chi connectivity index (χ1n) is 5.35. The van der Waals surface area contributed by atoms with E-state index >= 15 is 0 Å². The van der Waals surface area contributed by atoms with Crippen molar-refractivity contribution in [2.24, 2.45) is 0 Å². The Morgan fingerprint density at radius 3 is 2.65 bits per heavy atom. The van der Waals surface area contributed by atoms with Crippen LogP contribution in [0.1, 0.15) is 16.8 Å². The molecule has 2 aromatic rings. The summed E-state index contributed by atoms with van der Waals surface area (Å²) in [5.74, 6) is 0. The van der Waals surface area contributed by atoms with Crippen molar-refractivity contribution >= 4 is 5.69 Å². The fourth-order valence-corrected chi connectivity index (χ4v) is 1.82. The molecule has 1 N–H and O–H groups in total. The van der Waals surface area contributed by atoms with Crippen LogP contribution >= 0.6 is 0 Å². The van der Waals surface area contributed by atoms with Gasteiger partial charge in [0.25, 0.3) is 11.2 Å². The van der Waals surface area contributed by atoms with Crippen LogP contribution in [0.2, 0.25) is 0 Å². The first kappa shape index (κ1) is 11.2. The summed E-state index contributed by atoms with van der Waals surface area (Å²) in [5, 5.41) is 0. The van der Waals surface area contributed by atoms with Gasteiger partial charge in [0.2, 0.25) is 0 Å². The molecule has 3 nitrogen and oxygen atoms in total. The number of aromatic amines is 1. The summed E-state index contributed by atoms with van der Waals surface area (Å²) in [6, 6.07) is 11.7. The number of pyridine rings is 1. The van der Waals surface area contributed by atoms with Gasteiger partial charge in [-0.05, 0) is 30.5 Å². The van der Waals surface area contributed by atoms with Crippen LogP contribution in [0.4, 0.5) is 5.69 Å². The van der Waals surface area contributed by atoms with Gasteiger partial charge >= 0.3 is 0 Å². The van der Waals surface area contributed by atoms with Crippen molar-refractivity contribution in [3.8, 4) is 0 Å². The van der Waals surface area contributed by atoms with Crippen LogP contribution in [-0.2, 0) is 6.42 Å². The molecular weight excluding hydrogens is 212 g/mol. The minimum Gasteiger partial charge on any atom is -0.335 e. The zero-order valence-electron chi connectivity index (χ0n) is 9.53. The number of nitrogens with one attached hydrogen (secondary N) is 1. The maximum absolute atomic E-state index is 11.6. The van der Waals surface area contributed by atoms with Gasteiger partial charge < -0.3 is 4.98 Å². The third-order valence-corrected chi connectivity index (χ3v) is 2.57. The van der Waals surface area contributed by atoms with E-state index in [2.05, 4.69) is 9.83 Å². The lowest BCUT2D eigenvalue weighted by Gasteiger charge is -2.05. The molecule has 0 saturated heterocycles. The third-order valence-electron chi connectivity index (χ3n) is 2.57. The normalized spacial score (nSPS) is 9.88. The van der Waals surface area contributed by atoms with Crippen molar-refractivity contribution in [3.05, 3.63) is 75.0 Å². The lowest BCUT2D eigenvalue weighted by atomic mass is 10.0. The molecule has 0 aliphatic rings. The minimum absolute atomic E-state index is 0.194. The van der Waals surface area contributed by atoms with E-state index in [-0.39, 0.29) is 11.2 Å². The van der Waals surface area contributed by atoms with E-state index in [0.717, 1.165) is 16.8 Å². The fraction of sp³-hybridized carbons (Fsp3) is 0.143. The lowest BCUT2D eigenvalue weighted by molar-refractivity contribution is 1.09. The van der Waals surface area contributed by atoms with Crippen LogP contribution in [0.25, 0.3) is 4.85 Å². The average molecular weight is 224 g/mol. The number of nitrogens with zero attached hydrogens (tertiary/aromatic N) is 1. The van der Waals surface area contributed by atoms with Crippen LogP contribution < -0.4 is 5.56 Å². The van der Waals surface area contributed by atoms with E-state index in [0.29, 0.717) is 6.42 Å². The van der Waals surface area contributed by atoms with Gasteiger partial charge in [0.15, 0.2) is 0 Å². The van der Waals surface area contributed by atoms with E-state index in [1.165, 1.54) is 0 Å². The molecule has 0 bridgehead atoms. The van der Waals surface area contributed by atoms with Crippen LogP contribution in [-0.4, -0.2) is 4.98 Å². The molecule has 0 aliphatic heterocycles. The molecule has 84 valence electrons. The number of aromatic nitrogens is 1. The molecular formula is C14H12N2O. The molecule has 0 amide bonds. The van der Waals surface area contributed by atoms with Crippen LogP contribution in [0.15, 0.2) is 41.2 Å². The van der Waals surface area contributed by atoms with Crippen LogP contribution in [0.3, 0.4) is 0 Å². The molecule has 0 aliphatic carbocycles. The standard InChI is InChI=1S/C14H12N2O/c1-10-8-12(13(15-2)14(17)16-10)9-11-6-4-3-5-7-11/h3-8H,9H2,1H3,(H,16,17). The topological polar surface area (TPSA) is 37.2 Å². The Kier molecular flexibility index (Phi) is 3.06. The fourth-order valence-electron chi connectivity index (χ4n) is 1.82. The summed E-state index contributed by atoms with van der Waals surface area (Å²) in [6.07, 6.45) is 0.614. The lowest BCUT2D eigenvalue weighted by Crippen LogP contribution is -2.09. The largest absolute Gasteiger partial charge is 0.335 e. The maximum atomic E-state index is 11.6. The molecule has 1 aromatic carbocycles. The molecule has 0 saturated carbocycles. The van der Waals surface area contributed by atoms with Gasteiger partial charge in [-0.3, -0.25) is 4.79 Å². The van der Waals surface area contributed by atoms with E-state index in [1.54, 1.807) is 0 Å². The van der Waals surface area contributed by atoms with Crippen molar-refractivity contribution in [1.29, 1.82) is 0 Å². The second-order valence-corrected chi connectivity index (χ2v) is 3.93. The third kappa shape index (κ3) is 2.43. The summed E-state index contributed by atoms with van der Waals surface area (Å²) in [7, 11) is 0. The summed E-state index contributed by atoms with van der Waals surface area (Å²) < 4.78 is 0. The zero-order chi connectivity index (χ0) is 12.3. The number of benzene rings is 1. The molecule has 0 spiro atoms. The van der Waals surface area contributed by atoms with Gasteiger partial charge in [0.05, 0.1) is 6.57 Å². The van der Waals surface area contributed by atoms with E-state index < -0.39 is 0 Å². The highest BCUT2D eigenvalue weighted by Gasteiger charge is 2.08. The number of aryl methyl sites for hydroxylation is 1. The Morgan fingerprint density at radius 1 is 1.29 bits per heavy atom. The Balaban J connectivity index is 2.46. The summed E-state index contributed by atoms with van der Waals surface area (Å²) in [6.45, 7) is 8.89. The van der Waals surface area contributed by atoms with Gasteiger partial charge in [-0.2, -0.15) is 0 Å². The number of hydrogen-bond donors (Lipinski definition) is 1. The highest BCUT2D eigenvalue weighted by Crippen LogP contribution is 2.18. The number of H-pyrrole nitrogens is 1. The number of hydrogen-bond acceptors (Lipinski definition) is 1. The smallest absolute Gasteiger partial charge is 0.254 e. The van der Waals surface area contributed by atoms with E-state index in [1.807, 2.05) is 43.3 Å². The highest BCUT2D eigenvalue weighted by molar-refractivity contribution is 5.52. The monoisotopic (exact) mass is 224 g/mol. The van der Waals surface area contributed by atoms with E-state index in [9.17, 15) is 4.79 Å². The first-order valence-corrected chi connectivity index (χ1v) is 5.35. The van der Waals surface area contributed by atoms with Crippen molar-refractivity contribution in [1.82, 2.24) is 4.98 Å². The van der Waals surface area contributed by atoms with Gasteiger partial charge in [-0.25, -0.2) is 4.85 Å². The van der Waals surface area contributed by atoms with Crippen molar-refractivity contribution in [2.75, 3.05) is 0 Å². The Bertz CT molecular complexity index is 621. The summed E-state index contributed by atoms with van der Waals surface area (Å²) in [4.78, 5) is 17.6. The van der Waals surface area contributed by atoms with Crippen LogP contribution in [0.5, 0.6) is 0 Å². The Morgan fingerprint density at radius 2 is 2.00 bits per heavy atom. The molecule has 0 atom stereocenters.